The van der Waals surface area contributed by atoms with Gasteiger partial charge in [0.2, 0.25) is 5.91 Å². The van der Waals surface area contributed by atoms with Gasteiger partial charge in [0.1, 0.15) is 17.6 Å². The van der Waals surface area contributed by atoms with Gasteiger partial charge in [-0.15, -0.1) is 0 Å². The molecular weight excluding hydrogens is 333 g/mol. The highest BCUT2D eigenvalue weighted by Gasteiger charge is 2.23. The second-order valence-electron chi connectivity index (χ2n) is 5.17. The Morgan fingerprint density at radius 1 is 1.29 bits per heavy atom. The molecule has 0 fully saturated rings. The van der Waals surface area contributed by atoms with Gasteiger partial charge in [-0.05, 0) is 36.4 Å². The van der Waals surface area contributed by atoms with Crippen molar-refractivity contribution in [2.45, 2.75) is 11.8 Å². The number of anilines is 1. The second kappa shape index (κ2) is 7.19. The van der Waals surface area contributed by atoms with Crippen LogP contribution >= 0.6 is 0 Å². The van der Waals surface area contributed by atoms with Crippen molar-refractivity contribution in [2.24, 2.45) is 5.92 Å². The number of sulfone groups is 1. The van der Waals surface area contributed by atoms with E-state index < -0.39 is 33.2 Å². The number of hydrogen-bond donors (Lipinski definition) is 1. The highest BCUT2D eigenvalue weighted by Crippen LogP contribution is 2.16. The molecule has 1 amide bonds. The van der Waals surface area contributed by atoms with E-state index in [4.69, 9.17) is 5.26 Å². The molecular formula is C16H14FN3O3S. The topological polar surface area (TPSA) is 99.9 Å². The molecule has 8 heteroatoms. The van der Waals surface area contributed by atoms with Gasteiger partial charge in [-0.2, -0.15) is 5.26 Å². The number of hydrogen-bond acceptors (Lipinski definition) is 5. The first-order chi connectivity index (χ1) is 11.3. The molecule has 1 atom stereocenters. The van der Waals surface area contributed by atoms with Crippen LogP contribution in [0.15, 0.2) is 47.5 Å². The van der Waals surface area contributed by atoms with E-state index in [0.29, 0.717) is 5.69 Å². The molecule has 2 aromatic rings. The maximum atomic E-state index is 12.9. The summed E-state index contributed by atoms with van der Waals surface area (Å²) in [7, 11) is -3.71. The van der Waals surface area contributed by atoms with Crippen LogP contribution in [-0.2, 0) is 14.6 Å². The van der Waals surface area contributed by atoms with E-state index in [1.54, 1.807) is 0 Å². The van der Waals surface area contributed by atoms with Gasteiger partial charge in [0.15, 0.2) is 9.84 Å². The first-order valence-electron chi connectivity index (χ1n) is 6.97. The average molecular weight is 347 g/mol. The summed E-state index contributed by atoms with van der Waals surface area (Å²) in [5.74, 6) is -2.26. The summed E-state index contributed by atoms with van der Waals surface area (Å²) in [5.41, 5.74) is 0.574. The highest BCUT2D eigenvalue weighted by molar-refractivity contribution is 7.91. The molecule has 0 saturated heterocycles. The van der Waals surface area contributed by atoms with Gasteiger partial charge in [-0.25, -0.2) is 17.8 Å². The zero-order valence-electron chi connectivity index (χ0n) is 12.7. The van der Waals surface area contributed by atoms with Crippen molar-refractivity contribution in [1.29, 1.82) is 5.26 Å². The average Bonchev–Trinajstić information content (AvgIpc) is 2.55. The number of rotatable bonds is 5. The Morgan fingerprint density at radius 2 is 1.96 bits per heavy atom. The van der Waals surface area contributed by atoms with Gasteiger partial charge >= 0.3 is 0 Å². The molecule has 0 bridgehead atoms. The molecule has 1 aromatic carbocycles. The molecule has 1 aromatic heterocycles. The number of amides is 1. The Morgan fingerprint density at radius 3 is 2.50 bits per heavy atom. The summed E-state index contributed by atoms with van der Waals surface area (Å²) in [4.78, 5) is 15.9. The third kappa shape index (κ3) is 4.36. The summed E-state index contributed by atoms with van der Waals surface area (Å²) in [5, 5.41) is 11.2. The largest absolute Gasteiger partial charge is 0.324 e. The first-order valence-corrected chi connectivity index (χ1v) is 8.62. The van der Waals surface area contributed by atoms with Crippen LogP contribution in [0, 0.1) is 23.1 Å². The van der Waals surface area contributed by atoms with Crippen LogP contribution < -0.4 is 5.32 Å². The summed E-state index contributed by atoms with van der Waals surface area (Å²) >= 11 is 0. The van der Waals surface area contributed by atoms with Gasteiger partial charge in [0.25, 0.3) is 0 Å². The van der Waals surface area contributed by atoms with Crippen LogP contribution in [0.25, 0.3) is 0 Å². The second-order valence-corrected chi connectivity index (χ2v) is 7.20. The Hall–Kier alpha value is -2.79. The smallest absolute Gasteiger partial charge is 0.228 e. The number of carbonyl (C=O) groups is 1. The minimum Gasteiger partial charge on any atom is -0.324 e. The fourth-order valence-electron chi connectivity index (χ4n) is 1.94. The number of nitrogens with zero attached hydrogens (tertiary/aromatic N) is 2. The zero-order valence-corrected chi connectivity index (χ0v) is 13.5. The number of pyridine rings is 1. The molecule has 0 radical (unpaired) electrons. The SMILES string of the molecule is CC(CS(=O)(=O)c1ccc(F)cc1)C(=O)Nc1ccc(C#N)nc1. The van der Waals surface area contributed by atoms with Crippen molar-refractivity contribution in [2.75, 3.05) is 11.1 Å². The maximum absolute atomic E-state index is 12.9. The zero-order chi connectivity index (χ0) is 17.7. The van der Waals surface area contributed by atoms with E-state index in [0.717, 1.165) is 12.1 Å². The van der Waals surface area contributed by atoms with Crippen molar-refractivity contribution in [3.63, 3.8) is 0 Å². The van der Waals surface area contributed by atoms with Crippen molar-refractivity contribution < 1.29 is 17.6 Å². The van der Waals surface area contributed by atoms with Crippen molar-refractivity contribution >= 4 is 21.4 Å². The van der Waals surface area contributed by atoms with Crippen molar-refractivity contribution in [1.82, 2.24) is 4.98 Å². The molecule has 0 saturated carbocycles. The molecule has 6 nitrogen and oxygen atoms in total. The van der Waals surface area contributed by atoms with Crippen LogP contribution in [0.4, 0.5) is 10.1 Å². The lowest BCUT2D eigenvalue weighted by Gasteiger charge is -2.12. The fourth-order valence-corrected chi connectivity index (χ4v) is 3.50. The summed E-state index contributed by atoms with van der Waals surface area (Å²) in [6.45, 7) is 1.48. The number of halogens is 1. The molecule has 2 rings (SSSR count). The molecule has 0 aliphatic rings. The van der Waals surface area contributed by atoms with Crippen LogP contribution in [0.1, 0.15) is 12.6 Å². The molecule has 0 aliphatic carbocycles. The highest BCUT2D eigenvalue weighted by atomic mass is 32.2. The van der Waals surface area contributed by atoms with Gasteiger partial charge in [0, 0.05) is 5.92 Å². The Balaban J connectivity index is 2.04. The summed E-state index contributed by atoms with van der Waals surface area (Å²) in [6.07, 6.45) is 1.32. The number of carbonyl (C=O) groups excluding carboxylic acids is 1. The Bertz CT molecular complexity index is 872. The summed E-state index contributed by atoms with van der Waals surface area (Å²) in [6, 6.07) is 9.24. The minimum absolute atomic E-state index is 0.0383. The standard InChI is InChI=1S/C16H14FN3O3S/c1-11(10-24(22,23)15-6-2-12(17)3-7-15)16(21)20-14-5-4-13(8-18)19-9-14/h2-7,9,11H,10H2,1H3,(H,20,21). The van der Waals surface area contributed by atoms with E-state index in [1.165, 1.54) is 37.4 Å². The minimum atomic E-state index is -3.71. The molecule has 1 N–H and O–H groups in total. The monoisotopic (exact) mass is 347 g/mol. The van der Waals surface area contributed by atoms with E-state index >= 15 is 0 Å². The molecule has 0 spiro atoms. The Labute approximate surface area is 138 Å². The van der Waals surface area contributed by atoms with E-state index in [-0.39, 0.29) is 10.6 Å². The number of benzene rings is 1. The van der Waals surface area contributed by atoms with Gasteiger partial charge < -0.3 is 5.32 Å². The summed E-state index contributed by atoms with van der Waals surface area (Å²) < 4.78 is 37.4. The lowest BCUT2D eigenvalue weighted by atomic mass is 10.2. The molecule has 124 valence electrons. The van der Waals surface area contributed by atoms with Crippen molar-refractivity contribution in [3.05, 3.63) is 54.1 Å². The third-order valence-corrected chi connectivity index (χ3v) is 5.16. The normalized spacial score (nSPS) is 12.2. The predicted molar refractivity (Wildman–Crippen MR) is 85.2 cm³/mol. The van der Waals surface area contributed by atoms with Gasteiger partial charge in [-0.3, -0.25) is 4.79 Å². The van der Waals surface area contributed by atoms with Gasteiger partial charge in [-0.1, -0.05) is 6.92 Å². The Kier molecular flexibility index (Phi) is 5.26. The molecule has 24 heavy (non-hydrogen) atoms. The van der Waals surface area contributed by atoms with Gasteiger partial charge in [0.05, 0.1) is 22.5 Å². The van der Waals surface area contributed by atoms with E-state index in [9.17, 15) is 17.6 Å². The van der Waals surface area contributed by atoms with Crippen LogP contribution in [0.5, 0.6) is 0 Å². The molecule has 0 aliphatic heterocycles. The quantitative estimate of drug-likeness (QED) is 0.835. The van der Waals surface area contributed by atoms with Crippen molar-refractivity contribution in [3.8, 4) is 6.07 Å². The lowest BCUT2D eigenvalue weighted by molar-refractivity contribution is -0.118. The third-order valence-electron chi connectivity index (χ3n) is 3.24. The van der Waals surface area contributed by atoms with Crippen LogP contribution in [0.2, 0.25) is 0 Å². The van der Waals surface area contributed by atoms with Crippen LogP contribution in [0.3, 0.4) is 0 Å². The molecule has 1 heterocycles. The van der Waals surface area contributed by atoms with E-state index in [2.05, 4.69) is 10.3 Å². The van der Waals surface area contributed by atoms with Crippen LogP contribution in [-0.4, -0.2) is 25.1 Å². The first kappa shape index (κ1) is 17.6. The number of aromatic nitrogens is 1. The molecule has 1 unspecified atom stereocenters. The van der Waals surface area contributed by atoms with E-state index in [1.807, 2.05) is 6.07 Å². The predicted octanol–water partition coefficient (Wildman–Crippen LogP) is 2.14. The maximum Gasteiger partial charge on any atom is 0.228 e. The lowest BCUT2D eigenvalue weighted by Crippen LogP contribution is -2.27. The number of nitriles is 1. The fraction of sp³-hybridized carbons (Fsp3) is 0.188. The number of nitrogens with one attached hydrogen (secondary N) is 1.